The molecular formula is C9H12N2O2S. The number of nitrogens with zero attached hydrogens (tertiary/aromatic N) is 1. The Balaban J connectivity index is 2.03. The molecule has 2 rings (SSSR count). The summed E-state index contributed by atoms with van der Waals surface area (Å²) in [6.07, 6.45) is 2.30. The number of hydrogen-bond acceptors (Lipinski definition) is 4. The number of rotatable bonds is 4. The van der Waals surface area contributed by atoms with Crippen molar-refractivity contribution in [3.63, 3.8) is 0 Å². The third-order valence-corrected chi connectivity index (χ3v) is 3.29. The normalized spacial score (nSPS) is 24.6. The molecule has 0 aliphatic heterocycles. The van der Waals surface area contributed by atoms with Gasteiger partial charge in [0.15, 0.2) is 5.69 Å². The average Bonchev–Trinajstić information content (AvgIpc) is 2.71. The fraction of sp³-hybridized carbons (Fsp3) is 0.556. The van der Waals surface area contributed by atoms with Crippen LogP contribution in [0.3, 0.4) is 0 Å². The van der Waals surface area contributed by atoms with Crippen LogP contribution in [-0.4, -0.2) is 22.1 Å². The largest absolute Gasteiger partial charge is 0.476 e. The molecule has 0 spiro atoms. The summed E-state index contributed by atoms with van der Waals surface area (Å²) >= 11 is 1.36. The van der Waals surface area contributed by atoms with Gasteiger partial charge < -0.3 is 10.4 Å². The fourth-order valence-corrected chi connectivity index (χ4v) is 2.28. The number of carboxylic acids is 1. The molecule has 0 bridgehead atoms. The van der Waals surface area contributed by atoms with E-state index in [1.54, 1.807) is 5.51 Å². The second-order valence-electron chi connectivity index (χ2n) is 3.49. The molecule has 1 aromatic heterocycles. The van der Waals surface area contributed by atoms with Gasteiger partial charge in [-0.2, -0.15) is 0 Å². The van der Waals surface area contributed by atoms with Gasteiger partial charge in [0, 0.05) is 6.04 Å². The molecule has 1 aliphatic carbocycles. The zero-order chi connectivity index (χ0) is 10.1. The van der Waals surface area contributed by atoms with Crippen LogP contribution in [0.4, 0.5) is 5.00 Å². The molecule has 0 amide bonds. The lowest BCUT2D eigenvalue weighted by molar-refractivity contribution is 0.0692. The molecule has 76 valence electrons. The maximum absolute atomic E-state index is 10.7. The maximum Gasteiger partial charge on any atom is 0.357 e. The van der Waals surface area contributed by atoms with Crippen molar-refractivity contribution in [2.45, 2.75) is 25.8 Å². The summed E-state index contributed by atoms with van der Waals surface area (Å²) < 4.78 is 0. The number of carboxylic acid groups (broad SMARTS) is 1. The van der Waals surface area contributed by atoms with Gasteiger partial charge in [-0.05, 0) is 12.3 Å². The van der Waals surface area contributed by atoms with Crippen LogP contribution in [0.2, 0.25) is 0 Å². The van der Waals surface area contributed by atoms with Crippen molar-refractivity contribution in [3.8, 4) is 0 Å². The highest BCUT2D eigenvalue weighted by molar-refractivity contribution is 7.14. The van der Waals surface area contributed by atoms with Crippen molar-refractivity contribution in [2.75, 3.05) is 5.32 Å². The Morgan fingerprint density at radius 1 is 1.86 bits per heavy atom. The smallest absolute Gasteiger partial charge is 0.357 e. The molecule has 4 nitrogen and oxygen atoms in total. The topological polar surface area (TPSA) is 62.2 Å². The molecule has 1 aromatic rings. The number of aromatic carboxylic acids is 1. The lowest BCUT2D eigenvalue weighted by atomic mass is 10.3. The van der Waals surface area contributed by atoms with E-state index in [1.807, 2.05) is 0 Å². The number of nitrogens with one attached hydrogen (secondary N) is 1. The van der Waals surface area contributed by atoms with Gasteiger partial charge in [0.25, 0.3) is 0 Å². The monoisotopic (exact) mass is 212 g/mol. The Kier molecular flexibility index (Phi) is 2.41. The van der Waals surface area contributed by atoms with Crippen LogP contribution in [0.5, 0.6) is 0 Å². The summed E-state index contributed by atoms with van der Waals surface area (Å²) in [5.74, 6) is -0.249. The highest BCUT2D eigenvalue weighted by Gasteiger charge is 2.36. The number of carbonyl (C=O) groups is 1. The van der Waals surface area contributed by atoms with Crippen LogP contribution in [0, 0.1) is 5.92 Å². The Bertz CT molecular complexity index is 350. The van der Waals surface area contributed by atoms with E-state index in [0.717, 1.165) is 12.8 Å². The quantitative estimate of drug-likeness (QED) is 0.801. The second kappa shape index (κ2) is 3.57. The van der Waals surface area contributed by atoms with E-state index < -0.39 is 5.97 Å². The molecule has 2 N–H and O–H groups in total. The van der Waals surface area contributed by atoms with Gasteiger partial charge in [-0.25, -0.2) is 9.78 Å². The highest BCUT2D eigenvalue weighted by Crippen LogP contribution is 2.37. The molecule has 1 heterocycles. The SMILES string of the molecule is CCC1CC1Nc1scnc1C(=O)O. The van der Waals surface area contributed by atoms with Crippen molar-refractivity contribution in [3.05, 3.63) is 11.2 Å². The van der Waals surface area contributed by atoms with Gasteiger partial charge in [0.1, 0.15) is 5.00 Å². The molecule has 2 atom stereocenters. The summed E-state index contributed by atoms with van der Waals surface area (Å²) in [5.41, 5.74) is 1.71. The van der Waals surface area contributed by atoms with E-state index in [1.165, 1.54) is 11.3 Å². The van der Waals surface area contributed by atoms with Gasteiger partial charge in [-0.15, -0.1) is 11.3 Å². The Labute approximate surface area is 86.0 Å². The first-order valence-electron chi connectivity index (χ1n) is 4.65. The molecule has 0 radical (unpaired) electrons. The third kappa shape index (κ3) is 1.72. The minimum atomic E-state index is -0.956. The standard InChI is InChI=1S/C9H12N2O2S/c1-2-5-3-6(5)11-8-7(9(12)13)10-4-14-8/h4-6,11H,2-3H2,1H3,(H,12,13). The van der Waals surface area contributed by atoms with Crippen molar-refractivity contribution in [1.29, 1.82) is 0 Å². The zero-order valence-electron chi connectivity index (χ0n) is 7.86. The number of anilines is 1. The van der Waals surface area contributed by atoms with Crippen LogP contribution in [0.25, 0.3) is 0 Å². The van der Waals surface area contributed by atoms with Gasteiger partial charge in [-0.1, -0.05) is 13.3 Å². The van der Waals surface area contributed by atoms with Crippen LogP contribution in [-0.2, 0) is 0 Å². The predicted molar refractivity (Wildman–Crippen MR) is 54.9 cm³/mol. The van der Waals surface area contributed by atoms with Crippen LogP contribution in [0.15, 0.2) is 5.51 Å². The zero-order valence-corrected chi connectivity index (χ0v) is 8.67. The summed E-state index contributed by atoms with van der Waals surface area (Å²) in [7, 11) is 0. The van der Waals surface area contributed by atoms with E-state index in [4.69, 9.17) is 5.11 Å². The van der Waals surface area contributed by atoms with Crippen LogP contribution in [0.1, 0.15) is 30.3 Å². The summed E-state index contributed by atoms with van der Waals surface area (Å²) in [4.78, 5) is 14.5. The van der Waals surface area contributed by atoms with E-state index in [2.05, 4.69) is 17.2 Å². The van der Waals surface area contributed by atoms with Gasteiger partial charge >= 0.3 is 5.97 Å². The molecule has 2 unspecified atom stereocenters. The number of aromatic nitrogens is 1. The van der Waals surface area contributed by atoms with Crippen LogP contribution < -0.4 is 5.32 Å². The van der Waals surface area contributed by atoms with E-state index >= 15 is 0 Å². The summed E-state index contributed by atoms with van der Waals surface area (Å²) in [6, 6.07) is 0.457. The third-order valence-electron chi connectivity index (χ3n) is 2.53. The minimum absolute atomic E-state index is 0.150. The van der Waals surface area contributed by atoms with E-state index in [9.17, 15) is 4.79 Å². The summed E-state index contributed by atoms with van der Waals surface area (Å²) in [5, 5.41) is 12.7. The van der Waals surface area contributed by atoms with Gasteiger partial charge in [0.2, 0.25) is 0 Å². The molecule has 1 saturated carbocycles. The van der Waals surface area contributed by atoms with Gasteiger partial charge in [-0.3, -0.25) is 0 Å². The lowest BCUT2D eigenvalue weighted by Gasteiger charge is -2.02. The Morgan fingerprint density at radius 2 is 2.64 bits per heavy atom. The predicted octanol–water partition coefficient (Wildman–Crippen LogP) is 2.05. The first kappa shape index (κ1) is 9.45. The second-order valence-corrected chi connectivity index (χ2v) is 4.34. The first-order valence-corrected chi connectivity index (χ1v) is 5.53. The van der Waals surface area contributed by atoms with E-state index in [-0.39, 0.29) is 5.69 Å². The number of thiazole rings is 1. The van der Waals surface area contributed by atoms with Crippen molar-refractivity contribution < 1.29 is 9.90 Å². The molecule has 1 aliphatic rings. The molecule has 0 saturated heterocycles. The van der Waals surface area contributed by atoms with Crippen molar-refractivity contribution in [1.82, 2.24) is 4.98 Å². The molecular weight excluding hydrogens is 200 g/mol. The first-order chi connectivity index (χ1) is 6.72. The van der Waals surface area contributed by atoms with E-state index in [0.29, 0.717) is 17.0 Å². The molecule has 0 aromatic carbocycles. The van der Waals surface area contributed by atoms with Crippen LogP contribution >= 0.6 is 11.3 Å². The average molecular weight is 212 g/mol. The highest BCUT2D eigenvalue weighted by atomic mass is 32.1. The molecule has 14 heavy (non-hydrogen) atoms. The maximum atomic E-state index is 10.7. The Hall–Kier alpha value is -1.10. The molecule has 1 fully saturated rings. The molecule has 5 heteroatoms. The van der Waals surface area contributed by atoms with Crippen molar-refractivity contribution >= 4 is 22.3 Å². The lowest BCUT2D eigenvalue weighted by Crippen LogP contribution is -2.07. The Morgan fingerprint density at radius 3 is 3.21 bits per heavy atom. The summed E-state index contributed by atoms with van der Waals surface area (Å²) in [6.45, 7) is 2.15. The minimum Gasteiger partial charge on any atom is -0.476 e. The number of hydrogen-bond donors (Lipinski definition) is 2. The fourth-order valence-electron chi connectivity index (χ4n) is 1.54. The van der Waals surface area contributed by atoms with Gasteiger partial charge in [0.05, 0.1) is 5.51 Å². The van der Waals surface area contributed by atoms with Crippen molar-refractivity contribution in [2.24, 2.45) is 5.92 Å².